The quantitative estimate of drug-likeness (QED) is 0.789. The van der Waals surface area contributed by atoms with E-state index < -0.39 is 17.6 Å². The van der Waals surface area contributed by atoms with Crippen molar-refractivity contribution in [2.24, 2.45) is 0 Å². The van der Waals surface area contributed by atoms with Gasteiger partial charge in [0.25, 0.3) is 5.91 Å². The van der Waals surface area contributed by atoms with E-state index >= 15 is 0 Å². The van der Waals surface area contributed by atoms with Gasteiger partial charge >= 0.3 is 6.03 Å². The van der Waals surface area contributed by atoms with Crippen molar-refractivity contribution in [3.8, 4) is 0 Å². The number of amides is 4. The van der Waals surface area contributed by atoms with Gasteiger partial charge in [0.2, 0.25) is 5.91 Å². The topological polar surface area (TPSA) is 69.7 Å². The molecule has 1 atom stereocenters. The fraction of sp³-hybridized carbons (Fsp3) is 0.812. The first-order valence-corrected chi connectivity index (χ1v) is 8.50. The molecule has 0 aromatic rings. The van der Waals surface area contributed by atoms with Crippen molar-refractivity contribution >= 4 is 17.8 Å². The minimum absolute atomic E-state index is 0.101. The van der Waals surface area contributed by atoms with E-state index in [1.165, 1.54) is 4.90 Å². The zero-order valence-corrected chi connectivity index (χ0v) is 13.3. The third-order valence-electron chi connectivity index (χ3n) is 5.31. The molecule has 0 radical (unpaired) electrons. The van der Waals surface area contributed by atoms with Gasteiger partial charge in [-0.25, -0.2) is 9.69 Å². The van der Waals surface area contributed by atoms with Crippen LogP contribution < -0.4 is 5.32 Å². The molecule has 22 heavy (non-hydrogen) atoms. The molecule has 0 aromatic carbocycles. The standard InChI is InChI=1S/C16H25N3O3/c1-12(13(20)18-10-6-3-7-11-18)19-14(21)16(17-15(19)22)8-4-2-5-9-16/h12H,2-11H2,1H3,(H,17,22)/t12-/m0/s1. The van der Waals surface area contributed by atoms with Crippen LogP contribution in [0.5, 0.6) is 0 Å². The number of rotatable bonds is 2. The second-order valence-electron chi connectivity index (χ2n) is 6.81. The lowest BCUT2D eigenvalue weighted by molar-refractivity contribution is -0.143. The zero-order chi connectivity index (χ0) is 15.7. The molecule has 1 spiro atoms. The lowest BCUT2D eigenvalue weighted by Gasteiger charge is -2.33. The van der Waals surface area contributed by atoms with Gasteiger partial charge in [-0.15, -0.1) is 0 Å². The van der Waals surface area contributed by atoms with Crippen LogP contribution in [0.3, 0.4) is 0 Å². The van der Waals surface area contributed by atoms with Crippen LogP contribution in [0.4, 0.5) is 4.79 Å². The van der Waals surface area contributed by atoms with E-state index in [4.69, 9.17) is 0 Å². The maximum atomic E-state index is 12.8. The van der Waals surface area contributed by atoms with Crippen molar-refractivity contribution < 1.29 is 14.4 Å². The van der Waals surface area contributed by atoms with Crippen LogP contribution >= 0.6 is 0 Å². The van der Waals surface area contributed by atoms with Gasteiger partial charge in [-0.05, 0) is 39.0 Å². The number of nitrogens with one attached hydrogen (secondary N) is 1. The van der Waals surface area contributed by atoms with Crippen molar-refractivity contribution in [1.29, 1.82) is 0 Å². The number of urea groups is 1. The first kappa shape index (κ1) is 15.3. The molecule has 6 heteroatoms. The fourth-order valence-electron chi connectivity index (χ4n) is 3.98. The predicted octanol–water partition coefficient (Wildman–Crippen LogP) is 1.64. The third-order valence-corrected chi connectivity index (χ3v) is 5.31. The Kier molecular flexibility index (Phi) is 4.10. The molecular formula is C16H25N3O3. The molecule has 0 unspecified atom stereocenters. The Balaban J connectivity index is 1.74. The van der Waals surface area contributed by atoms with E-state index in [0.717, 1.165) is 51.6 Å². The first-order valence-electron chi connectivity index (χ1n) is 8.50. The molecule has 6 nitrogen and oxygen atoms in total. The number of hydrogen-bond acceptors (Lipinski definition) is 3. The molecule has 4 amide bonds. The zero-order valence-electron chi connectivity index (χ0n) is 13.3. The van der Waals surface area contributed by atoms with E-state index in [-0.39, 0.29) is 11.8 Å². The molecule has 3 fully saturated rings. The number of carbonyl (C=O) groups excluding carboxylic acids is 3. The summed E-state index contributed by atoms with van der Waals surface area (Å²) in [7, 11) is 0. The van der Waals surface area contributed by atoms with Crippen LogP contribution in [-0.4, -0.2) is 52.3 Å². The molecule has 0 aromatic heterocycles. The number of piperidine rings is 1. The Morgan fingerprint density at radius 2 is 1.64 bits per heavy atom. The smallest absolute Gasteiger partial charge is 0.325 e. The lowest BCUT2D eigenvalue weighted by atomic mass is 9.81. The van der Waals surface area contributed by atoms with Gasteiger partial charge in [0.15, 0.2) is 0 Å². The van der Waals surface area contributed by atoms with Gasteiger partial charge < -0.3 is 10.2 Å². The lowest BCUT2D eigenvalue weighted by Crippen LogP contribution is -2.52. The molecule has 122 valence electrons. The van der Waals surface area contributed by atoms with E-state index in [0.29, 0.717) is 12.8 Å². The molecule has 2 aliphatic heterocycles. The molecule has 0 bridgehead atoms. The van der Waals surface area contributed by atoms with Gasteiger partial charge in [-0.2, -0.15) is 0 Å². The molecule has 1 aliphatic carbocycles. The number of carbonyl (C=O) groups is 3. The monoisotopic (exact) mass is 307 g/mol. The largest absolute Gasteiger partial charge is 0.341 e. The van der Waals surface area contributed by atoms with Crippen molar-refractivity contribution in [2.45, 2.75) is 69.9 Å². The summed E-state index contributed by atoms with van der Waals surface area (Å²) in [5, 5.41) is 2.87. The number of nitrogens with zero attached hydrogens (tertiary/aromatic N) is 2. The average molecular weight is 307 g/mol. The molecular weight excluding hydrogens is 282 g/mol. The minimum Gasteiger partial charge on any atom is -0.341 e. The number of hydrogen-bond donors (Lipinski definition) is 1. The molecule has 2 heterocycles. The van der Waals surface area contributed by atoms with E-state index in [1.807, 2.05) is 0 Å². The summed E-state index contributed by atoms with van der Waals surface area (Å²) in [5.74, 6) is -0.300. The minimum atomic E-state index is -0.744. The first-order chi connectivity index (χ1) is 10.6. The summed E-state index contributed by atoms with van der Waals surface area (Å²) in [6, 6.07) is -1.10. The van der Waals surface area contributed by atoms with Crippen LogP contribution in [0.25, 0.3) is 0 Å². The Bertz CT molecular complexity index is 479. The van der Waals surface area contributed by atoms with Crippen LogP contribution in [-0.2, 0) is 9.59 Å². The van der Waals surface area contributed by atoms with Crippen molar-refractivity contribution in [1.82, 2.24) is 15.1 Å². The highest BCUT2D eigenvalue weighted by Crippen LogP contribution is 2.34. The third kappa shape index (κ3) is 2.48. The number of likely N-dealkylation sites (tertiary alicyclic amines) is 1. The highest BCUT2D eigenvalue weighted by atomic mass is 16.2. The van der Waals surface area contributed by atoms with Crippen molar-refractivity contribution in [2.75, 3.05) is 13.1 Å². The summed E-state index contributed by atoms with van der Waals surface area (Å²) < 4.78 is 0. The van der Waals surface area contributed by atoms with Crippen molar-refractivity contribution in [3.05, 3.63) is 0 Å². The van der Waals surface area contributed by atoms with E-state index in [2.05, 4.69) is 5.32 Å². The SMILES string of the molecule is C[C@@H](C(=O)N1CCCCC1)N1C(=O)NC2(CCCCC2)C1=O. The van der Waals surface area contributed by atoms with Gasteiger partial charge in [-0.3, -0.25) is 9.59 Å². The Morgan fingerprint density at radius 1 is 1.05 bits per heavy atom. The van der Waals surface area contributed by atoms with Crippen molar-refractivity contribution in [3.63, 3.8) is 0 Å². The normalized spacial score (nSPS) is 26.2. The Morgan fingerprint density at radius 3 is 2.27 bits per heavy atom. The van der Waals surface area contributed by atoms with Crippen LogP contribution in [0.1, 0.15) is 58.3 Å². The van der Waals surface area contributed by atoms with Crippen LogP contribution in [0.2, 0.25) is 0 Å². The molecule has 2 saturated heterocycles. The van der Waals surface area contributed by atoms with E-state index in [9.17, 15) is 14.4 Å². The van der Waals surface area contributed by atoms with Gasteiger partial charge in [-0.1, -0.05) is 19.3 Å². The van der Waals surface area contributed by atoms with Gasteiger partial charge in [0, 0.05) is 13.1 Å². The van der Waals surface area contributed by atoms with E-state index in [1.54, 1.807) is 11.8 Å². The average Bonchev–Trinajstić information content (AvgIpc) is 2.78. The molecule has 1 N–H and O–H groups in total. The number of imide groups is 1. The maximum Gasteiger partial charge on any atom is 0.325 e. The second kappa shape index (κ2) is 5.89. The van der Waals surface area contributed by atoms with Gasteiger partial charge in [0.05, 0.1) is 0 Å². The Labute approximate surface area is 131 Å². The highest BCUT2D eigenvalue weighted by molar-refractivity contribution is 6.09. The van der Waals surface area contributed by atoms with Crippen LogP contribution in [0, 0.1) is 0 Å². The second-order valence-corrected chi connectivity index (χ2v) is 6.81. The predicted molar refractivity (Wildman–Crippen MR) is 81.1 cm³/mol. The van der Waals surface area contributed by atoms with Crippen LogP contribution in [0.15, 0.2) is 0 Å². The molecule has 3 rings (SSSR count). The molecule has 3 aliphatic rings. The Hall–Kier alpha value is -1.59. The molecule has 1 saturated carbocycles. The fourth-order valence-corrected chi connectivity index (χ4v) is 3.98. The summed E-state index contributed by atoms with van der Waals surface area (Å²) >= 11 is 0. The summed E-state index contributed by atoms with van der Waals surface area (Å²) in [6.45, 7) is 3.15. The highest BCUT2D eigenvalue weighted by Gasteiger charge is 2.53. The van der Waals surface area contributed by atoms with Gasteiger partial charge in [0.1, 0.15) is 11.6 Å². The summed E-state index contributed by atoms with van der Waals surface area (Å²) in [4.78, 5) is 40.7. The maximum absolute atomic E-state index is 12.8. The summed E-state index contributed by atoms with van der Waals surface area (Å²) in [5.41, 5.74) is -0.744. The summed E-state index contributed by atoms with van der Waals surface area (Å²) in [6.07, 6.45) is 7.54.